The van der Waals surface area contributed by atoms with E-state index in [0.29, 0.717) is 11.3 Å². The van der Waals surface area contributed by atoms with Crippen LogP contribution in [0.3, 0.4) is 0 Å². The average molecular weight is 357 g/mol. The number of amides is 1. The van der Waals surface area contributed by atoms with Crippen molar-refractivity contribution in [2.24, 2.45) is 0 Å². The molecular formula is C15H12BrClFNO. The number of alkyl halides is 1. The zero-order valence-corrected chi connectivity index (χ0v) is 13.0. The van der Waals surface area contributed by atoms with Crippen molar-refractivity contribution in [2.75, 3.05) is 5.32 Å². The number of para-hydroxylation sites is 1. The van der Waals surface area contributed by atoms with Gasteiger partial charge in [0.25, 0.3) is 5.91 Å². The number of hydrogen-bond donors (Lipinski definition) is 1. The number of halogens is 3. The molecule has 0 aliphatic heterocycles. The summed E-state index contributed by atoms with van der Waals surface area (Å²) in [5, 5.41) is 2.57. The van der Waals surface area contributed by atoms with Gasteiger partial charge in [-0.2, -0.15) is 0 Å². The molecule has 0 radical (unpaired) electrons. The van der Waals surface area contributed by atoms with Gasteiger partial charge in [-0.15, -0.1) is 11.6 Å². The Bertz CT molecular complexity index is 646. The average Bonchev–Trinajstić information content (AvgIpc) is 2.42. The molecule has 2 aromatic rings. The molecule has 1 unspecified atom stereocenters. The first-order valence-electron chi connectivity index (χ1n) is 5.98. The molecule has 0 bridgehead atoms. The van der Waals surface area contributed by atoms with Crippen molar-refractivity contribution in [1.29, 1.82) is 0 Å². The highest BCUT2D eigenvalue weighted by molar-refractivity contribution is 9.10. The Morgan fingerprint density at radius 3 is 2.65 bits per heavy atom. The van der Waals surface area contributed by atoms with Gasteiger partial charge in [0.15, 0.2) is 0 Å². The second-order valence-electron chi connectivity index (χ2n) is 4.29. The van der Waals surface area contributed by atoms with Crippen LogP contribution >= 0.6 is 27.5 Å². The van der Waals surface area contributed by atoms with Crippen molar-refractivity contribution < 1.29 is 9.18 Å². The first-order valence-corrected chi connectivity index (χ1v) is 7.21. The third-order valence-electron chi connectivity index (χ3n) is 2.82. The predicted octanol–water partition coefficient (Wildman–Crippen LogP) is 5.14. The SMILES string of the molecule is CC(Cl)c1ccccc1NC(=O)c1ccc(F)c(Br)c1. The fourth-order valence-corrected chi connectivity index (χ4v) is 2.36. The van der Waals surface area contributed by atoms with E-state index in [-0.39, 0.29) is 15.8 Å². The molecule has 0 saturated heterocycles. The Kier molecular flexibility index (Phi) is 4.78. The van der Waals surface area contributed by atoms with E-state index in [2.05, 4.69) is 21.2 Å². The third kappa shape index (κ3) is 3.38. The lowest BCUT2D eigenvalue weighted by atomic mass is 10.1. The van der Waals surface area contributed by atoms with Crippen molar-refractivity contribution in [2.45, 2.75) is 12.3 Å². The van der Waals surface area contributed by atoms with Crippen LogP contribution in [0.15, 0.2) is 46.9 Å². The fraction of sp³-hybridized carbons (Fsp3) is 0.133. The third-order valence-corrected chi connectivity index (χ3v) is 3.66. The molecule has 2 rings (SSSR count). The van der Waals surface area contributed by atoms with Gasteiger partial charge in [-0.1, -0.05) is 18.2 Å². The van der Waals surface area contributed by atoms with Gasteiger partial charge < -0.3 is 5.32 Å². The summed E-state index contributed by atoms with van der Waals surface area (Å²) < 4.78 is 13.4. The highest BCUT2D eigenvalue weighted by Gasteiger charge is 2.12. The molecule has 0 aromatic heterocycles. The molecule has 0 heterocycles. The second-order valence-corrected chi connectivity index (χ2v) is 5.80. The first-order chi connectivity index (χ1) is 9.49. The molecule has 2 nitrogen and oxygen atoms in total. The molecular weight excluding hydrogens is 345 g/mol. The largest absolute Gasteiger partial charge is 0.322 e. The van der Waals surface area contributed by atoms with E-state index in [4.69, 9.17) is 11.6 Å². The molecule has 0 fully saturated rings. The van der Waals surface area contributed by atoms with Crippen LogP contribution in [0.25, 0.3) is 0 Å². The summed E-state index contributed by atoms with van der Waals surface area (Å²) >= 11 is 9.14. The normalized spacial score (nSPS) is 12.0. The van der Waals surface area contributed by atoms with Gasteiger partial charge in [-0.25, -0.2) is 4.39 Å². The maximum Gasteiger partial charge on any atom is 0.255 e. The van der Waals surface area contributed by atoms with E-state index < -0.39 is 5.82 Å². The van der Waals surface area contributed by atoms with Crippen molar-refractivity contribution in [1.82, 2.24) is 0 Å². The van der Waals surface area contributed by atoms with Crippen molar-refractivity contribution in [3.05, 3.63) is 63.9 Å². The van der Waals surface area contributed by atoms with Gasteiger partial charge in [0.1, 0.15) is 5.82 Å². The number of carbonyl (C=O) groups excluding carboxylic acids is 1. The summed E-state index contributed by atoms with van der Waals surface area (Å²) in [7, 11) is 0. The van der Waals surface area contributed by atoms with Crippen LogP contribution in [-0.2, 0) is 0 Å². The maximum absolute atomic E-state index is 13.2. The lowest BCUT2D eigenvalue weighted by molar-refractivity contribution is 0.102. The highest BCUT2D eigenvalue weighted by Crippen LogP contribution is 2.27. The molecule has 0 aliphatic carbocycles. The molecule has 1 amide bonds. The van der Waals surface area contributed by atoms with Gasteiger partial charge in [-0.05, 0) is 52.7 Å². The predicted molar refractivity (Wildman–Crippen MR) is 82.8 cm³/mol. The molecule has 0 spiro atoms. The van der Waals surface area contributed by atoms with Gasteiger partial charge in [0, 0.05) is 11.3 Å². The minimum Gasteiger partial charge on any atom is -0.322 e. The molecule has 0 saturated carbocycles. The van der Waals surface area contributed by atoms with Crippen LogP contribution in [-0.4, -0.2) is 5.91 Å². The fourth-order valence-electron chi connectivity index (χ4n) is 1.79. The van der Waals surface area contributed by atoms with Gasteiger partial charge in [0.05, 0.1) is 9.85 Å². The number of carbonyl (C=O) groups is 1. The molecule has 1 N–H and O–H groups in total. The summed E-state index contributed by atoms with van der Waals surface area (Å²) in [5.74, 6) is -0.716. The number of anilines is 1. The smallest absolute Gasteiger partial charge is 0.255 e. The zero-order chi connectivity index (χ0) is 14.7. The van der Waals surface area contributed by atoms with E-state index in [1.807, 2.05) is 25.1 Å². The van der Waals surface area contributed by atoms with Crippen LogP contribution in [0.4, 0.5) is 10.1 Å². The van der Waals surface area contributed by atoms with Crippen LogP contribution in [0.1, 0.15) is 28.2 Å². The van der Waals surface area contributed by atoms with E-state index in [0.717, 1.165) is 5.56 Å². The van der Waals surface area contributed by atoms with Crippen LogP contribution in [0, 0.1) is 5.82 Å². The molecule has 2 aromatic carbocycles. The minimum absolute atomic E-state index is 0.216. The summed E-state index contributed by atoms with van der Waals surface area (Å²) in [6, 6.07) is 11.4. The molecule has 0 aliphatic rings. The number of nitrogens with one attached hydrogen (secondary N) is 1. The number of hydrogen-bond acceptors (Lipinski definition) is 1. The van der Waals surface area contributed by atoms with Gasteiger partial charge in [-0.3, -0.25) is 4.79 Å². The lowest BCUT2D eigenvalue weighted by Crippen LogP contribution is -2.13. The molecule has 104 valence electrons. The Labute approximate surface area is 130 Å². The zero-order valence-electron chi connectivity index (χ0n) is 10.7. The summed E-state index contributed by atoms with van der Waals surface area (Å²) in [6.07, 6.45) is 0. The summed E-state index contributed by atoms with van der Waals surface area (Å²) in [5.41, 5.74) is 1.86. The van der Waals surface area contributed by atoms with Crippen LogP contribution < -0.4 is 5.32 Å². The van der Waals surface area contributed by atoms with Crippen LogP contribution in [0.2, 0.25) is 0 Å². The van der Waals surface area contributed by atoms with Crippen molar-refractivity contribution in [3.63, 3.8) is 0 Å². The Balaban J connectivity index is 2.26. The van der Waals surface area contributed by atoms with Crippen molar-refractivity contribution in [3.8, 4) is 0 Å². The number of benzene rings is 2. The van der Waals surface area contributed by atoms with Crippen LogP contribution in [0.5, 0.6) is 0 Å². The van der Waals surface area contributed by atoms with E-state index in [1.54, 1.807) is 6.07 Å². The highest BCUT2D eigenvalue weighted by atomic mass is 79.9. The Hall–Kier alpha value is -1.39. The lowest BCUT2D eigenvalue weighted by Gasteiger charge is -2.12. The summed E-state index contributed by atoms with van der Waals surface area (Å²) in [4.78, 5) is 12.2. The molecule has 1 atom stereocenters. The minimum atomic E-state index is -0.406. The van der Waals surface area contributed by atoms with E-state index in [9.17, 15) is 9.18 Å². The molecule has 5 heteroatoms. The Morgan fingerprint density at radius 2 is 2.00 bits per heavy atom. The number of rotatable bonds is 3. The quantitative estimate of drug-likeness (QED) is 0.758. The standard InChI is InChI=1S/C15H12BrClFNO/c1-9(17)11-4-2-3-5-14(11)19-15(20)10-6-7-13(18)12(16)8-10/h2-9H,1H3,(H,19,20). The monoisotopic (exact) mass is 355 g/mol. The first kappa shape index (κ1) is 15.0. The topological polar surface area (TPSA) is 29.1 Å². The maximum atomic E-state index is 13.2. The van der Waals surface area contributed by atoms with Gasteiger partial charge in [0.2, 0.25) is 0 Å². The molecule has 20 heavy (non-hydrogen) atoms. The summed E-state index contributed by atoms with van der Waals surface area (Å²) in [6.45, 7) is 1.83. The Morgan fingerprint density at radius 1 is 1.30 bits per heavy atom. The van der Waals surface area contributed by atoms with Gasteiger partial charge >= 0.3 is 0 Å². The van der Waals surface area contributed by atoms with E-state index >= 15 is 0 Å². The van der Waals surface area contributed by atoms with E-state index in [1.165, 1.54) is 18.2 Å². The van der Waals surface area contributed by atoms with Crippen molar-refractivity contribution >= 4 is 39.1 Å². The second kappa shape index (κ2) is 6.37.